The Balaban J connectivity index is 1.98. The van der Waals surface area contributed by atoms with Crippen LogP contribution >= 0.6 is 0 Å². The average Bonchev–Trinajstić information content (AvgIpc) is 2.88. The zero-order chi connectivity index (χ0) is 12.3. The van der Waals surface area contributed by atoms with Gasteiger partial charge in [0.15, 0.2) is 0 Å². The van der Waals surface area contributed by atoms with Gasteiger partial charge < -0.3 is 9.63 Å². The van der Waals surface area contributed by atoms with E-state index in [1.807, 2.05) is 13.8 Å². The first-order valence-corrected chi connectivity index (χ1v) is 6.49. The number of nitrogens with zero attached hydrogens (tertiary/aromatic N) is 2. The third-order valence-electron chi connectivity index (χ3n) is 3.74. The summed E-state index contributed by atoms with van der Waals surface area (Å²) in [5.41, 5.74) is 2.25. The summed E-state index contributed by atoms with van der Waals surface area (Å²) < 4.78 is 5.21. The highest BCUT2D eigenvalue weighted by molar-refractivity contribution is 5.20. The van der Waals surface area contributed by atoms with E-state index in [4.69, 9.17) is 9.63 Å². The molecule has 2 rings (SSSR count). The second-order valence-corrected chi connectivity index (χ2v) is 4.94. The average molecular weight is 238 g/mol. The highest BCUT2D eigenvalue weighted by Gasteiger charge is 2.25. The van der Waals surface area contributed by atoms with Gasteiger partial charge in [0, 0.05) is 24.8 Å². The fraction of sp³-hybridized carbons (Fsp3) is 0.769. The van der Waals surface area contributed by atoms with Gasteiger partial charge in [-0.1, -0.05) is 5.16 Å². The Morgan fingerprint density at radius 3 is 2.94 bits per heavy atom. The summed E-state index contributed by atoms with van der Waals surface area (Å²) in [5, 5.41) is 12.9. The van der Waals surface area contributed by atoms with Crippen molar-refractivity contribution in [3.63, 3.8) is 0 Å². The van der Waals surface area contributed by atoms with Crippen molar-refractivity contribution in [2.24, 2.45) is 0 Å². The Labute approximate surface area is 103 Å². The Bertz CT molecular complexity index is 343. The molecule has 4 nitrogen and oxygen atoms in total. The first kappa shape index (κ1) is 12.6. The van der Waals surface area contributed by atoms with Gasteiger partial charge in [-0.15, -0.1) is 0 Å². The molecule has 4 heteroatoms. The molecule has 2 heterocycles. The first-order valence-electron chi connectivity index (χ1n) is 6.49. The topological polar surface area (TPSA) is 49.5 Å². The quantitative estimate of drug-likeness (QED) is 0.852. The minimum atomic E-state index is 0.301. The first-order chi connectivity index (χ1) is 8.22. The molecule has 1 N–H and O–H groups in total. The lowest BCUT2D eigenvalue weighted by Gasteiger charge is -2.24. The summed E-state index contributed by atoms with van der Waals surface area (Å²) in [5.74, 6) is 0.940. The Hall–Kier alpha value is -0.870. The molecule has 0 amide bonds. The van der Waals surface area contributed by atoms with Gasteiger partial charge >= 0.3 is 0 Å². The highest BCUT2D eigenvalue weighted by atomic mass is 16.5. The van der Waals surface area contributed by atoms with Crippen LogP contribution in [0, 0.1) is 13.8 Å². The van der Waals surface area contributed by atoms with E-state index in [9.17, 15) is 0 Å². The smallest absolute Gasteiger partial charge is 0.138 e. The van der Waals surface area contributed by atoms with Crippen molar-refractivity contribution < 1.29 is 9.63 Å². The second kappa shape index (κ2) is 5.65. The van der Waals surface area contributed by atoms with E-state index < -0.39 is 0 Å². The number of likely N-dealkylation sites (tertiary alicyclic amines) is 1. The van der Waals surface area contributed by atoms with E-state index >= 15 is 0 Å². The molecule has 1 unspecified atom stereocenters. The fourth-order valence-electron chi connectivity index (χ4n) is 2.69. The van der Waals surface area contributed by atoms with E-state index in [1.54, 1.807) is 0 Å². The maximum atomic E-state index is 8.91. The highest BCUT2D eigenvalue weighted by Crippen LogP contribution is 2.25. The zero-order valence-electron chi connectivity index (χ0n) is 10.8. The maximum Gasteiger partial charge on any atom is 0.138 e. The summed E-state index contributed by atoms with van der Waals surface area (Å²) in [7, 11) is 0. The van der Waals surface area contributed by atoms with Crippen molar-refractivity contribution in [2.45, 2.75) is 52.1 Å². The molecule has 1 aromatic heterocycles. The monoisotopic (exact) mass is 238 g/mol. The van der Waals surface area contributed by atoms with Gasteiger partial charge in [0.25, 0.3) is 0 Å². The molecule has 1 aliphatic rings. The van der Waals surface area contributed by atoms with Crippen LogP contribution in [0.3, 0.4) is 0 Å². The van der Waals surface area contributed by atoms with Crippen molar-refractivity contribution in [2.75, 3.05) is 13.2 Å². The molecule has 1 aromatic rings. The minimum absolute atomic E-state index is 0.301. The van der Waals surface area contributed by atoms with Crippen LogP contribution in [-0.4, -0.2) is 34.4 Å². The minimum Gasteiger partial charge on any atom is -0.396 e. The predicted octanol–water partition coefficient (Wildman–Crippen LogP) is 2.03. The molecule has 0 aromatic carbocycles. The number of hydrogen-bond acceptors (Lipinski definition) is 4. The molecule has 1 saturated heterocycles. The van der Waals surface area contributed by atoms with Crippen LogP contribution in [0.4, 0.5) is 0 Å². The standard InChI is InChI=1S/C13H22N2O2/c1-10-13(11(2)17-14-10)9-15-7-3-5-12(15)6-4-8-16/h12,16H,3-9H2,1-2H3. The lowest BCUT2D eigenvalue weighted by atomic mass is 10.1. The second-order valence-electron chi connectivity index (χ2n) is 4.94. The fourth-order valence-corrected chi connectivity index (χ4v) is 2.69. The molecule has 1 atom stereocenters. The summed E-state index contributed by atoms with van der Waals surface area (Å²) in [6.45, 7) is 6.38. The van der Waals surface area contributed by atoms with E-state index in [-0.39, 0.29) is 0 Å². The van der Waals surface area contributed by atoms with Crippen LogP contribution in [0.15, 0.2) is 4.52 Å². The van der Waals surface area contributed by atoms with Crippen LogP contribution in [-0.2, 0) is 6.54 Å². The van der Waals surface area contributed by atoms with Crippen molar-refractivity contribution in [1.82, 2.24) is 10.1 Å². The number of hydrogen-bond donors (Lipinski definition) is 1. The van der Waals surface area contributed by atoms with Crippen LogP contribution in [0.5, 0.6) is 0 Å². The van der Waals surface area contributed by atoms with Crippen LogP contribution in [0.2, 0.25) is 0 Å². The van der Waals surface area contributed by atoms with Gasteiger partial charge in [-0.2, -0.15) is 0 Å². The third-order valence-corrected chi connectivity index (χ3v) is 3.74. The van der Waals surface area contributed by atoms with Crippen LogP contribution in [0.25, 0.3) is 0 Å². The molecule has 1 fully saturated rings. The number of aromatic nitrogens is 1. The molecular formula is C13H22N2O2. The van der Waals surface area contributed by atoms with Crippen molar-refractivity contribution in [3.8, 4) is 0 Å². The molecule has 0 spiro atoms. The van der Waals surface area contributed by atoms with Crippen LogP contribution < -0.4 is 0 Å². The molecule has 96 valence electrons. The van der Waals surface area contributed by atoms with Gasteiger partial charge in [-0.3, -0.25) is 4.90 Å². The van der Waals surface area contributed by atoms with Gasteiger partial charge in [0.05, 0.1) is 5.69 Å². The predicted molar refractivity (Wildman–Crippen MR) is 65.7 cm³/mol. The van der Waals surface area contributed by atoms with Gasteiger partial charge in [-0.05, 0) is 46.1 Å². The molecule has 0 bridgehead atoms. The number of rotatable bonds is 5. The summed E-state index contributed by atoms with van der Waals surface area (Å²) in [6.07, 6.45) is 4.52. The van der Waals surface area contributed by atoms with E-state index in [0.717, 1.165) is 37.4 Å². The number of aliphatic hydroxyl groups excluding tert-OH is 1. The van der Waals surface area contributed by atoms with Crippen molar-refractivity contribution in [1.29, 1.82) is 0 Å². The van der Waals surface area contributed by atoms with E-state index in [2.05, 4.69) is 10.1 Å². The molecule has 0 saturated carbocycles. The normalized spacial score (nSPS) is 21.2. The van der Waals surface area contributed by atoms with Gasteiger partial charge in [0.1, 0.15) is 5.76 Å². The van der Waals surface area contributed by atoms with E-state index in [0.29, 0.717) is 12.6 Å². The van der Waals surface area contributed by atoms with Gasteiger partial charge in [-0.25, -0.2) is 0 Å². The third kappa shape index (κ3) is 2.87. The Kier molecular flexibility index (Phi) is 4.18. The summed E-state index contributed by atoms with van der Waals surface area (Å²) in [6, 6.07) is 0.621. The summed E-state index contributed by atoms with van der Waals surface area (Å²) in [4.78, 5) is 2.50. The molecular weight excluding hydrogens is 216 g/mol. The van der Waals surface area contributed by atoms with Crippen LogP contribution in [0.1, 0.15) is 42.7 Å². The molecule has 17 heavy (non-hydrogen) atoms. The molecule has 0 aliphatic carbocycles. The summed E-state index contributed by atoms with van der Waals surface area (Å²) >= 11 is 0. The van der Waals surface area contributed by atoms with E-state index in [1.165, 1.54) is 18.4 Å². The number of aliphatic hydroxyl groups is 1. The number of aryl methyl sites for hydroxylation is 2. The Morgan fingerprint density at radius 1 is 1.47 bits per heavy atom. The lowest BCUT2D eigenvalue weighted by Crippen LogP contribution is -2.29. The lowest BCUT2D eigenvalue weighted by molar-refractivity contribution is 0.209. The Morgan fingerprint density at radius 2 is 2.29 bits per heavy atom. The zero-order valence-corrected chi connectivity index (χ0v) is 10.8. The SMILES string of the molecule is Cc1noc(C)c1CN1CCCC1CCCO. The largest absolute Gasteiger partial charge is 0.396 e. The van der Waals surface area contributed by atoms with Crippen molar-refractivity contribution in [3.05, 3.63) is 17.0 Å². The maximum absolute atomic E-state index is 8.91. The van der Waals surface area contributed by atoms with Crippen molar-refractivity contribution >= 4 is 0 Å². The molecule has 1 aliphatic heterocycles. The molecule has 0 radical (unpaired) electrons. The van der Waals surface area contributed by atoms with Gasteiger partial charge in [0.2, 0.25) is 0 Å².